The molecule has 7 heteroatoms. The van der Waals surface area contributed by atoms with Gasteiger partial charge in [0, 0.05) is 6.20 Å². The molecule has 2 N–H and O–H groups in total. The summed E-state index contributed by atoms with van der Waals surface area (Å²) >= 11 is 5.53. The van der Waals surface area contributed by atoms with Gasteiger partial charge in [-0.25, -0.2) is 9.97 Å². The Labute approximate surface area is 95.7 Å². The number of carbonyl (C=O) groups excluding carboxylic acids is 1. The Morgan fingerprint density at radius 1 is 1.50 bits per heavy atom. The van der Waals surface area contributed by atoms with Crippen molar-refractivity contribution in [1.29, 1.82) is 0 Å². The molecule has 0 saturated heterocycles. The van der Waals surface area contributed by atoms with Crippen LogP contribution < -0.4 is 5.32 Å². The predicted molar refractivity (Wildman–Crippen MR) is 54.9 cm³/mol. The van der Waals surface area contributed by atoms with Gasteiger partial charge in [-0.15, -0.1) is 0 Å². The van der Waals surface area contributed by atoms with Gasteiger partial charge in [0.05, 0.1) is 11.8 Å². The first-order valence-electron chi connectivity index (χ1n) is 4.60. The maximum absolute atomic E-state index is 11.5. The van der Waals surface area contributed by atoms with Crippen molar-refractivity contribution in [3.05, 3.63) is 17.5 Å². The fraction of sp³-hybridized carbons (Fsp3) is 0.333. The van der Waals surface area contributed by atoms with Crippen molar-refractivity contribution in [2.75, 3.05) is 5.32 Å². The third-order valence-corrected chi connectivity index (χ3v) is 2.50. The van der Waals surface area contributed by atoms with Gasteiger partial charge in [-0.2, -0.15) is 0 Å². The summed E-state index contributed by atoms with van der Waals surface area (Å²) in [4.78, 5) is 29.5. The first-order chi connectivity index (χ1) is 7.58. The van der Waals surface area contributed by atoms with Crippen LogP contribution in [0.5, 0.6) is 0 Å². The quantitative estimate of drug-likeness (QED) is 0.764. The van der Waals surface area contributed by atoms with E-state index >= 15 is 0 Å². The van der Waals surface area contributed by atoms with Gasteiger partial charge in [0.2, 0.25) is 11.2 Å². The molecule has 2 rings (SSSR count). The van der Waals surface area contributed by atoms with Crippen LogP contribution in [0.4, 0.5) is 5.82 Å². The van der Waals surface area contributed by atoms with Gasteiger partial charge < -0.3 is 10.4 Å². The molecule has 1 aromatic heterocycles. The number of aromatic nitrogens is 2. The maximum Gasteiger partial charge on any atom is 0.307 e. The fourth-order valence-corrected chi connectivity index (χ4v) is 1.53. The van der Waals surface area contributed by atoms with Crippen molar-refractivity contribution in [3.63, 3.8) is 0 Å². The summed E-state index contributed by atoms with van der Waals surface area (Å²) in [5.74, 6) is -2.05. The molecule has 2 unspecified atom stereocenters. The minimum Gasteiger partial charge on any atom is -0.481 e. The van der Waals surface area contributed by atoms with Crippen LogP contribution in [-0.4, -0.2) is 27.0 Å². The third kappa shape index (κ3) is 2.27. The number of hydrogen-bond acceptors (Lipinski definition) is 4. The second-order valence-corrected chi connectivity index (χ2v) is 3.83. The number of nitrogens with one attached hydrogen (secondary N) is 1. The number of amides is 1. The Morgan fingerprint density at radius 3 is 2.81 bits per heavy atom. The van der Waals surface area contributed by atoms with Crippen molar-refractivity contribution in [1.82, 2.24) is 9.97 Å². The largest absolute Gasteiger partial charge is 0.481 e. The minimum absolute atomic E-state index is 0.0309. The molecule has 1 aliphatic rings. The Morgan fingerprint density at radius 2 is 2.25 bits per heavy atom. The van der Waals surface area contributed by atoms with Gasteiger partial charge in [-0.1, -0.05) is 0 Å². The first kappa shape index (κ1) is 10.8. The topological polar surface area (TPSA) is 92.2 Å². The molecular formula is C9H8ClN3O3. The number of nitrogens with zero attached hydrogens (tertiary/aromatic N) is 2. The first-order valence-corrected chi connectivity index (χ1v) is 4.98. The zero-order valence-electron chi connectivity index (χ0n) is 8.05. The fourth-order valence-electron chi connectivity index (χ4n) is 1.38. The normalized spacial score (nSPS) is 22.6. The summed E-state index contributed by atoms with van der Waals surface area (Å²) in [5.41, 5.74) is 0. The van der Waals surface area contributed by atoms with Crippen molar-refractivity contribution >= 4 is 29.3 Å². The Kier molecular flexibility index (Phi) is 2.74. The van der Waals surface area contributed by atoms with E-state index in [2.05, 4.69) is 15.3 Å². The van der Waals surface area contributed by atoms with Gasteiger partial charge in [0.15, 0.2) is 0 Å². The molecule has 0 radical (unpaired) electrons. The molecule has 0 spiro atoms. The monoisotopic (exact) mass is 241 g/mol. The molecule has 1 heterocycles. The minimum atomic E-state index is -0.944. The van der Waals surface area contributed by atoms with Crippen LogP contribution in [0.1, 0.15) is 6.42 Å². The number of carbonyl (C=O) groups is 2. The molecule has 0 aliphatic heterocycles. The lowest BCUT2D eigenvalue weighted by Gasteiger charge is -2.02. The smallest absolute Gasteiger partial charge is 0.307 e. The number of halogens is 1. The highest BCUT2D eigenvalue weighted by Gasteiger charge is 2.48. The molecule has 0 bridgehead atoms. The van der Waals surface area contributed by atoms with E-state index in [-0.39, 0.29) is 17.0 Å². The van der Waals surface area contributed by atoms with Crippen LogP contribution >= 0.6 is 11.6 Å². The average molecular weight is 242 g/mol. The Hall–Kier alpha value is -1.69. The third-order valence-electron chi connectivity index (χ3n) is 2.32. The van der Waals surface area contributed by atoms with Crippen LogP contribution in [0.15, 0.2) is 12.3 Å². The maximum atomic E-state index is 11.5. The molecular weight excluding hydrogens is 234 g/mol. The zero-order valence-corrected chi connectivity index (χ0v) is 8.81. The predicted octanol–water partition coefficient (Wildman–Crippen LogP) is 0.789. The van der Waals surface area contributed by atoms with Gasteiger partial charge in [0.1, 0.15) is 5.82 Å². The summed E-state index contributed by atoms with van der Waals surface area (Å²) in [6, 6.07) is 1.49. The number of carboxylic acid groups (broad SMARTS) is 1. The van der Waals surface area contributed by atoms with Crippen molar-refractivity contribution in [3.8, 4) is 0 Å². The number of carboxylic acids is 1. The van der Waals surface area contributed by atoms with Gasteiger partial charge in [0.25, 0.3) is 0 Å². The summed E-state index contributed by atoms with van der Waals surface area (Å²) in [5, 5.41) is 11.2. The van der Waals surface area contributed by atoms with E-state index in [9.17, 15) is 9.59 Å². The van der Waals surface area contributed by atoms with Crippen LogP contribution in [0.2, 0.25) is 5.28 Å². The van der Waals surface area contributed by atoms with E-state index in [0.29, 0.717) is 6.42 Å². The Bertz CT molecular complexity index is 451. The van der Waals surface area contributed by atoms with Crippen molar-refractivity contribution in [2.45, 2.75) is 6.42 Å². The van der Waals surface area contributed by atoms with Crippen molar-refractivity contribution < 1.29 is 14.7 Å². The van der Waals surface area contributed by atoms with Crippen molar-refractivity contribution in [2.24, 2.45) is 11.8 Å². The average Bonchev–Trinajstić information content (AvgIpc) is 2.96. The lowest BCUT2D eigenvalue weighted by molar-refractivity contribution is -0.139. The van der Waals surface area contributed by atoms with Gasteiger partial charge in [-0.05, 0) is 24.1 Å². The lowest BCUT2D eigenvalue weighted by atomic mass is 10.3. The van der Waals surface area contributed by atoms with E-state index in [1.165, 1.54) is 12.3 Å². The van der Waals surface area contributed by atoms with Gasteiger partial charge in [-0.3, -0.25) is 9.59 Å². The second kappa shape index (κ2) is 4.05. The molecule has 1 saturated carbocycles. The summed E-state index contributed by atoms with van der Waals surface area (Å²) in [6.07, 6.45) is 1.78. The van der Waals surface area contributed by atoms with E-state index in [0.717, 1.165) is 0 Å². The lowest BCUT2D eigenvalue weighted by Crippen LogP contribution is -2.17. The Balaban J connectivity index is 1.96. The van der Waals surface area contributed by atoms with E-state index in [4.69, 9.17) is 16.7 Å². The van der Waals surface area contributed by atoms with Crippen LogP contribution in [0.25, 0.3) is 0 Å². The highest BCUT2D eigenvalue weighted by molar-refractivity contribution is 6.28. The summed E-state index contributed by atoms with van der Waals surface area (Å²) in [6.45, 7) is 0. The molecule has 16 heavy (non-hydrogen) atoms. The van der Waals surface area contributed by atoms with E-state index < -0.39 is 17.8 Å². The summed E-state index contributed by atoms with van der Waals surface area (Å²) < 4.78 is 0. The highest BCUT2D eigenvalue weighted by atomic mass is 35.5. The molecule has 1 aliphatic carbocycles. The molecule has 1 fully saturated rings. The zero-order chi connectivity index (χ0) is 11.7. The number of rotatable bonds is 3. The number of anilines is 1. The highest BCUT2D eigenvalue weighted by Crippen LogP contribution is 2.39. The van der Waals surface area contributed by atoms with Crippen LogP contribution in [0, 0.1) is 11.8 Å². The molecule has 0 aromatic carbocycles. The molecule has 84 valence electrons. The second-order valence-electron chi connectivity index (χ2n) is 3.49. The van der Waals surface area contributed by atoms with Gasteiger partial charge >= 0.3 is 5.97 Å². The standard InChI is InChI=1S/C9H8ClN3O3/c10-9-11-2-1-6(13-9)12-7(14)4-3-5(4)8(15)16/h1-2,4-5H,3H2,(H,15,16)(H,11,12,13,14). The molecule has 1 amide bonds. The summed E-state index contributed by atoms with van der Waals surface area (Å²) in [7, 11) is 0. The SMILES string of the molecule is O=C(O)C1CC1C(=O)Nc1ccnc(Cl)n1. The molecule has 1 aromatic rings. The number of aliphatic carboxylic acids is 1. The van der Waals surface area contributed by atoms with E-state index in [1.54, 1.807) is 0 Å². The molecule has 2 atom stereocenters. The number of hydrogen-bond donors (Lipinski definition) is 2. The van der Waals surface area contributed by atoms with E-state index in [1.807, 2.05) is 0 Å². The van der Waals surface area contributed by atoms with Crippen LogP contribution in [0.3, 0.4) is 0 Å². The van der Waals surface area contributed by atoms with Crippen LogP contribution in [-0.2, 0) is 9.59 Å². The molecule has 6 nitrogen and oxygen atoms in total.